The Morgan fingerprint density at radius 2 is 1.97 bits per heavy atom. The summed E-state index contributed by atoms with van der Waals surface area (Å²) in [6.07, 6.45) is 1.35. The van der Waals surface area contributed by atoms with Crippen molar-refractivity contribution in [1.29, 1.82) is 0 Å². The molecule has 2 aromatic heterocycles. The van der Waals surface area contributed by atoms with Crippen LogP contribution in [-0.2, 0) is 16.1 Å². The first-order chi connectivity index (χ1) is 16.0. The van der Waals surface area contributed by atoms with Crippen LogP contribution in [-0.4, -0.2) is 70.6 Å². The Balaban J connectivity index is 1.46. The molecular weight excluding hydrogens is 444 g/mol. The van der Waals surface area contributed by atoms with Gasteiger partial charge in [-0.3, -0.25) is 14.2 Å². The Kier molecular flexibility index (Phi) is 6.99. The van der Waals surface area contributed by atoms with E-state index in [0.29, 0.717) is 21.6 Å². The normalized spacial score (nSPS) is 14.4. The summed E-state index contributed by atoms with van der Waals surface area (Å²) >= 11 is 1.31. The van der Waals surface area contributed by atoms with Gasteiger partial charge in [0.15, 0.2) is 10.8 Å². The molecular formula is C22H26N6O4S. The zero-order chi connectivity index (χ0) is 23.4. The molecule has 1 fully saturated rings. The van der Waals surface area contributed by atoms with Crippen molar-refractivity contribution < 1.29 is 14.3 Å². The van der Waals surface area contributed by atoms with Crippen LogP contribution in [0.25, 0.3) is 10.3 Å². The number of piperazine rings is 1. The van der Waals surface area contributed by atoms with E-state index in [9.17, 15) is 14.4 Å². The van der Waals surface area contributed by atoms with Gasteiger partial charge in [-0.25, -0.2) is 9.78 Å². The number of esters is 1. The Morgan fingerprint density at radius 3 is 2.70 bits per heavy atom. The summed E-state index contributed by atoms with van der Waals surface area (Å²) in [5.41, 5.74) is 0.883. The summed E-state index contributed by atoms with van der Waals surface area (Å²) in [7, 11) is 0. The number of anilines is 2. The van der Waals surface area contributed by atoms with Crippen molar-refractivity contribution in [3.8, 4) is 0 Å². The van der Waals surface area contributed by atoms with E-state index in [0.717, 1.165) is 37.9 Å². The van der Waals surface area contributed by atoms with E-state index in [1.165, 1.54) is 28.3 Å². The molecule has 3 heterocycles. The van der Waals surface area contributed by atoms with Crippen LogP contribution < -0.4 is 15.8 Å². The Labute approximate surface area is 194 Å². The number of nitrogens with one attached hydrogen (secondary N) is 1. The highest BCUT2D eigenvalue weighted by Crippen LogP contribution is 2.26. The second-order valence-corrected chi connectivity index (χ2v) is 8.58. The Morgan fingerprint density at radius 1 is 1.18 bits per heavy atom. The van der Waals surface area contributed by atoms with E-state index < -0.39 is 11.9 Å². The highest BCUT2D eigenvalue weighted by molar-refractivity contribution is 7.22. The Hall–Kier alpha value is -3.31. The summed E-state index contributed by atoms with van der Waals surface area (Å²) in [5, 5.41) is 3.49. The third-order valence-corrected chi connectivity index (χ3v) is 6.53. The molecule has 3 aromatic rings. The predicted octanol–water partition coefficient (Wildman–Crippen LogP) is 1.81. The molecule has 0 bridgehead atoms. The maximum Gasteiger partial charge on any atom is 0.338 e. The molecule has 1 aliphatic rings. The van der Waals surface area contributed by atoms with Crippen molar-refractivity contribution in [2.24, 2.45) is 0 Å². The molecule has 33 heavy (non-hydrogen) atoms. The third-order valence-electron chi connectivity index (χ3n) is 5.43. The van der Waals surface area contributed by atoms with E-state index in [-0.39, 0.29) is 18.7 Å². The SMILES string of the molecule is CCOC(=O)c1cccc(NC(=O)Cn2cnc3nc(N4CCN(CC)CC4)sc3c2=O)c1. The van der Waals surface area contributed by atoms with Crippen LogP contribution in [0.2, 0.25) is 0 Å². The van der Waals surface area contributed by atoms with Crippen molar-refractivity contribution >= 4 is 44.4 Å². The highest BCUT2D eigenvalue weighted by Gasteiger charge is 2.21. The Bertz CT molecular complexity index is 1220. The largest absolute Gasteiger partial charge is 0.462 e. The average Bonchev–Trinajstić information content (AvgIpc) is 3.26. The van der Waals surface area contributed by atoms with Crippen molar-refractivity contribution in [1.82, 2.24) is 19.4 Å². The standard InChI is InChI=1S/C22H26N6O4S/c1-3-26-8-10-27(11-9-26)22-25-19-18(33-22)20(30)28(14-23-19)13-17(29)24-16-7-5-6-15(12-16)21(31)32-4-2/h5-7,12,14H,3-4,8-11,13H2,1-2H3,(H,24,29). The van der Waals surface area contributed by atoms with Gasteiger partial charge in [0.2, 0.25) is 5.91 Å². The summed E-state index contributed by atoms with van der Waals surface area (Å²) < 4.78 is 6.68. The maximum absolute atomic E-state index is 13.0. The first-order valence-corrected chi connectivity index (χ1v) is 11.7. The summed E-state index contributed by atoms with van der Waals surface area (Å²) in [5.74, 6) is -0.865. The number of ether oxygens (including phenoxy) is 1. The number of carbonyl (C=O) groups is 2. The summed E-state index contributed by atoms with van der Waals surface area (Å²) in [6.45, 7) is 8.59. The second-order valence-electron chi connectivity index (χ2n) is 7.60. The fourth-order valence-corrected chi connectivity index (χ4v) is 4.65. The monoisotopic (exact) mass is 470 g/mol. The fourth-order valence-electron chi connectivity index (χ4n) is 3.63. The molecule has 1 N–H and O–H groups in total. The van der Waals surface area contributed by atoms with E-state index >= 15 is 0 Å². The lowest BCUT2D eigenvalue weighted by Crippen LogP contribution is -2.46. The van der Waals surface area contributed by atoms with Crippen LogP contribution in [0.3, 0.4) is 0 Å². The zero-order valence-electron chi connectivity index (χ0n) is 18.6. The molecule has 0 unspecified atom stereocenters. The number of aromatic nitrogens is 3. The number of hydrogen-bond donors (Lipinski definition) is 1. The van der Waals surface area contributed by atoms with Gasteiger partial charge in [0.25, 0.3) is 5.56 Å². The highest BCUT2D eigenvalue weighted by atomic mass is 32.1. The van der Waals surface area contributed by atoms with Crippen LogP contribution in [0.15, 0.2) is 35.4 Å². The minimum absolute atomic E-state index is 0.201. The van der Waals surface area contributed by atoms with Crippen molar-refractivity contribution in [3.63, 3.8) is 0 Å². The van der Waals surface area contributed by atoms with Gasteiger partial charge in [-0.1, -0.05) is 24.3 Å². The second kappa shape index (κ2) is 10.1. The summed E-state index contributed by atoms with van der Waals surface area (Å²) in [6, 6.07) is 6.47. The van der Waals surface area contributed by atoms with Crippen LogP contribution in [0.4, 0.5) is 10.8 Å². The molecule has 10 nitrogen and oxygen atoms in total. The lowest BCUT2D eigenvalue weighted by Gasteiger charge is -2.33. The first kappa shape index (κ1) is 22.9. The number of fused-ring (bicyclic) bond motifs is 1. The van der Waals surface area contributed by atoms with Crippen LogP contribution in [0, 0.1) is 0 Å². The molecule has 1 aromatic carbocycles. The fraction of sp³-hybridized carbons (Fsp3) is 0.409. The van der Waals surface area contributed by atoms with Crippen molar-refractivity contribution in [2.45, 2.75) is 20.4 Å². The van der Waals surface area contributed by atoms with Gasteiger partial charge in [0.05, 0.1) is 12.2 Å². The van der Waals surface area contributed by atoms with E-state index in [4.69, 9.17) is 4.74 Å². The number of rotatable bonds is 7. The molecule has 0 aliphatic carbocycles. The smallest absolute Gasteiger partial charge is 0.338 e. The van der Waals surface area contributed by atoms with E-state index in [2.05, 4.69) is 32.0 Å². The number of hydrogen-bond acceptors (Lipinski definition) is 9. The van der Waals surface area contributed by atoms with Crippen LogP contribution in [0.1, 0.15) is 24.2 Å². The predicted molar refractivity (Wildman–Crippen MR) is 127 cm³/mol. The number of likely N-dealkylation sites (N-methyl/N-ethyl adjacent to an activating group) is 1. The first-order valence-electron chi connectivity index (χ1n) is 10.9. The molecule has 174 valence electrons. The van der Waals surface area contributed by atoms with Gasteiger partial charge in [-0.2, -0.15) is 4.98 Å². The molecule has 1 amide bonds. The molecule has 1 aliphatic heterocycles. The number of thiazole rings is 1. The lowest BCUT2D eigenvalue weighted by atomic mass is 10.2. The topological polar surface area (TPSA) is 110 Å². The molecule has 11 heteroatoms. The molecule has 0 spiro atoms. The molecule has 0 atom stereocenters. The number of nitrogens with zero attached hydrogens (tertiary/aromatic N) is 5. The quantitative estimate of drug-likeness (QED) is 0.521. The zero-order valence-corrected chi connectivity index (χ0v) is 19.4. The average molecular weight is 471 g/mol. The van der Waals surface area contributed by atoms with Gasteiger partial charge in [0.1, 0.15) is 17.6 Å². The van der Waals surface area contributed by atoms with E-state index in [1.54, 1.807) is 25.1 Å². The number of carbonyl (C=O) groups excluding carboxylic acids is 2. The number of benzene rings is 1. The van der Waals surface area contributed by atoms with Crippen LogP contribution in [0.5, 0.6) is 0 Å². The van der Waals surface area contributed by atoms with Gasteiger partial charge in [0, 0.05) is 31.9 Å². The van der Waals surface area contributed by atoms with Crippen molar-refractivity contribution in [3.05, 3.63) is 46.5 Å². The van der Waals surface area contributed by atoms with Crippen molar-refractivity contribution in [2.75, 3.05) is 49.5 Å². The van der Waals surface area contributed by atoms with Gasteiger partial charge < -0.3 is 19.9 Å². The summed E-state index contributed by atoms with van der Waals surface area (Å²) in [4.78, 5) is 50.8. The molecule has 1 saturated heterocycles. The number of amides is 1. The molecule has 0 radical (unpaired) electrons. The van der Waals surface area contributed by atoms with E-state index in [1.807, 2.05) is 0 Å². The molecule has 4 rings (SSSR count). The maximum atomic E-state index is 13.0. The molecule has 0 saturated carbocycles. The lowest BCUT2D eigenvalue weighted by molar-refractivity contribution is -0.116. The van der Waals surface area contributed by atoms with Gasteiger partial charge >= 0.3 is 5.97 Å². The minimum Gasteiger partial charge on any atom is -0.462 e. The minimum atomic E-state index is -0.462. The van der Waals surface area contributed by atoms with Crippen LogP contribution >= 0.6 is 11.3 Å². The third kappa shape index (κ3) is 5.20. The van der Waals surface area contributed by atoms with Gasteiger partial charge in [-0.05, 0) is 31.7 Å². The van der Waals surface area contributed by atoms with Gasteiger partial charge in [-0.15, -0.1) is 0 Å².